The van der Waals surface area contributed by atoms with Crippen LogP contribution in [0, 0.1) is 0 Å². The van der Waals surface area contributed by atoms with E-state index in [2.05, 4.69) is 42.5 Å². The number of hydrogen-bond donors (Lipinski definition) is 1. The molecular weight excluding hydrogens is 248 g/mol. The Balaban J connectivity index is 2.05. The summed E-state index contributed by atoms with van der Waals surface area (Å²) in [6.45, 7) is 0. The Hall–Kier alpha value is -2.61. The van der Waals surface area contributed by atoms with Crippen LogP contribution < -0.4 is 10.4 Å². The van der Waals surface area contributed by atoms with Crippen molar-refractivity contribution in [1.82, 2.24) is 0 Å². The van der Waals surface area contributed by atoms with Crippen molar-refractivity contribution in [3.05, 3.63) is 63.6 Å². The highest BCUT2D eigenvalue weighted by molar-refractivity contribution is 6.05. The maximum absolute atomic E-state index is 11.1. The van der Waals surface area contributed by atoms with Crippen LogP contribution in [0.15, 0.2) is 42.0 Å². The maximum atomic E-state index is 11.1. The summed E-state index contributed by atoms with van der Waals surface area (Å²) in [5, 5.41) is 13.7. The Morgan fingerprint density at radius 2 is 2.00 bits per heavy atom. The van der Waals surface area contributed by atoms with Gasteiger partial charge in [-0.2, -0.15) is 0 Å². The van der Waals surface area contributed by atoms with E-state index in [1.807, 2.05) is 0 Å². The van der Waals surface area contributed by atoms with Gasteiger partial charge in [-0.3, -0.25) is 0 Å². The molecule has 0 bridgehead atoms. The lowest BCUT2D eigenvalue weighted by Gasteiger charge is -2.09. The van der Waals surface area contributed by atoms with Crippen LogP contribution in [-0.4, -0.2) is 11.1 Å². The second kappa shape index (κ2) is 3.94. The van der Waals surface area contributed by atoms with Gasteiger partial charge in [0, 0.05) is 0 Å². The third kappa shape index (κ3) is 1.55. The van der Waals surface area contributed by atoms with Crippen molar-refractivity contribution in [2.24, 2.45) is 0 Å². The van der Waals surface area contributed by atoms with Crippen molar-refractivity contribution in [1.29, 1.82) is 0 Å². The van der Waals surface area contributed by atoms with Crippen molar-refractivity contribution in [2.75, 3.05) is 0 Å². The zero-order chi connectivity index (χ0) is 13.7. The quantitative estimate of drug-likeness (QED) is 0.851. The monoisotopic (exact) mass is 260 g/mol. The van der Waals surface area contributed by atoms with Crippen LogP contribution in [0.1, 0.15) is 11.1 Å². The normalized spacial score (nSPS) is 15.1. The van der Waals surface area contributed by atoms with Crippen molar-refractivity contribution < 1.29 is 9.90 Å². The fraction of sp³-hybridized carbons (Fsp3) is 0.0556. The lowest BCUT2D eigenvalue weighted by molar-refractivity contribution is -0.132. The number of allylic oxidation sites excluding steroid dienone is 2. The molecule has 0 aromatic heterocycles. The summed E-state index contributed by atoms with van der Waals surface area (Å²) in [6, 6.07) is 8.43. The van der Waals surface area contributed by atoms with Gasteiger partial charge in [0.25, 0.3) is 0 Å². The minimum atomic E-state index is -0.872. The molecule has 96 valence electrons. The summed E-state index contributed by atoms with van der Waals surface area (Å²) in [5.74, 6) is -0.872. The molecule has 0 fully saturated rings. The first-order valence-corrected chi connectivity index (χ1v) is 6.61. The number of carbonyl (C=O) groups is 1. The van der Waals surface area contributed by atoms with Gasteiger partial charge in [0.1, 0.15) is 0 Å². The fourth-order valence-electron chi connectivity index (χ4n) is 2.98. The number of hydrogen-bond acceptors (Lipinski definition) is 1. The number of carboxylic acids is 1. The minimum Gasteiger partial charge on any atom is -0.478 e. The predicted molar refractivity (Wildman–Crippen MR) is 80.6 cm³/mol. The largest absolute Gasteiger partial charge is 0.478 e. The van der Waals surface area contributed by atoms with E-state index in [9.17, 15) is 4.79 Å². The van der Waals surface area contributed by atoms with E-state index in [-0.39, 0.29) is 0 Å². The smallest absolute Gasteiger partial charge is 0.335 e. The zero-order valence-electron chi connectivity index (χ0n) is 10.8. The van der Waals surface area contributed by atoms with Gasteiger partial charge in [0.05, 0.1) is 5.57 Å². The molecule has 2 aliphatic carbocycles. The zero-order valence-corrected chi connectivity index (χ0v) is 10.8. The Bertz CT molecular complexity index is 944. The maximum Gasteiger partial charge on any atom is 0.335 e. The molecule has 2 aromatic rings. The Labute approximate surface area is 115 Å². The highest BCUT2D eigenvalue weighted by Crippen LogP contribution is 2.21. The molecule has 0 saturated heterocycles. The molecule has 2 aromatic carbocycles. The van der Waals surface area contributed by atoms with Gasteiger partial charge in [-0.15, -0.1) is 0 Å². The Morgan fingerprint density at radius 3 is 2.85 bits per heavy atom. The van der Waals surface area contributed by atoms with Crippen LogP contribution in [0.5, 0.6) is 0 Å². The average molecular weight is 260 g/mol. The van der Waals surface area contributed by atoms with E-state index in [4.69, 9.17) is 5.11 Å². The van der Waals surface area contributed by atoms with Gasteiger partial charge in [0.15, 0.2) is 0 Å². The lowest BCUT2D eigenvalue weighted by atomic mass is 9.95. The topological polar surface area (TPSA) is 37.3 Å². The van der Waals surface area contributed by atoms with E-state index in [0.29, 0.717) is 5.57 Å². The molecule has 0 atom stereocenters. The summed E-state index contributed by atoms with van der Waals surface area (Å²) in [5.41, 5.74) is 2.68. The highest BCUT2D eigenvalue weighted by atomic mass is 16.4. The number of aliphatic carboxylic acids is 1. The first-order chi connectivity index (χ1) is 9.72. The molecule has 1 N–H and O–H groups in total. The number of benzene rings is 2. The molecule has 0 spiro atoms. The third-order valence-corrected chi connectivity index (χ3v) is 3.97. The lowest BCUT2D eigenvalue weighted by Crippen LogP contribution is -2.12. The minimum absolute atomic E-state index is 0.357. The first-order valence-electron chi connectivity index (χ1n) is 6.61. The van der Waals surface area contributed by atoms with Gasteiger partial charge in [-0.1, -0.05) is 30.4 Å². The van der Waals surface area contributed by atoms with Crippen molar-refractivity contribution in [3.8, 4) is 0 Å². The van der Waals surface area contributed by atoms with E-state index in [1.165, 1.54) is 21.6 Å². The second-order valence-electron chi connectivity index (χ2n) is 5.18. The van der Waals surface area contributed by atoms with Crippen LogP contribution in [0.25, 0.3) is 29.0 Å². The molecule has 0 saturated carbocycles. The van der Waals surface area contributed by atoms with Gasteiger partial charge in [0.2, 0.25) is 0 Å². The Kier molecular flexibility index (Phi) is 2.21. The predicted octanol–water partition coefficient (Wildman–Crippen LogP) is 1.99. The van der Waals surface area contributed by atoms with Crippen LogP contribution in [0.2, 0.25) is 0 Å². The van der Waals surface area contributed by atoms with Gasteiger partial charge in [-0.25, -0.2) is 4.79 Å². The standard InChI is InChI=1S/C18H12O2/c19-18(20)15-8-13-7-12-6-5-11-3-1-2-4-16(11)17(12)10-14(13)9-15/h1-3,5-10H,4H2,(H,19,20). The number of rotatable bonds is 1. The van der Waals surface area contributed by atoms with E-state index < -0.39 is 5.97 Å². The molecule has 0 aliphatic heterocycles. The first kappa shape index (κ1) is 11.2. The van der Waals surface area contributed by atoms with Crippen molar-refractivity contribution in [2.45, 2.75) is 6.42 Å². The summed E-state index contributed by atoms with van der Waals surface area (Å²) in [4.78, 5) is 11.1. The summed E-state index contributed by atoms with van der Waals surface area (Å²) < 4.78 is 0. The fourth-order valence-corrected chi connectivity index (χ4v) is 2.98. The SMILES string of the molecule is O=C(O)C1=Cc2cc3c4c(ccc3cc2=C1)=CC=CC4. The Morgan fingerprint density at radius 1 is 1.10 bits per heavy atom. The number of fused-ring (bicyclic) bond motifs is 4. The van der Waals surface area contributed by atoms with Crippen molar-refractivity contribution >= 4 is 35.0 Å². The van der Waals surface area contributed by atoms with E-state index in [1.54, 1.807) is 12.2 Å². The second-order valence-corrected chi connectivity index (χ2v) is 5.18. The molecule has 0 radical (unpaired) electrons. The molecule has 0 amide bonds. The van der Waals surface area contributed by atoms with Gasteiger partial charge in [-0.05, 0) is 63.0 Å². The highest BCUT2D eigenvalue weighted by Gasteiger charge is 2.13. The van der Waals surface area contributed by atoms with E-state index >= 15 is 0 Å². The van der Waals surface area contributed by atoms with Crippen molar-refractivity contribution in [3.63, 3.8) is 0 Å². The molecule has 0 unspecified atom stereocenters. The van der Waals surface area contributed by atoms with Crippen LogP contribution in [0.3, 0.4) is 0 Å². The van der Waals surface area contributed by atoms with Gasteiger partial charge < -0.3 is 5.11 Å². The molecule has 0 heterocycles. The molecular formula is C18H12O2. The summed E-state index contributed by atoms with van der Waals surface area (Å²) in [6.07, 6.45) is 10.8. The van der Waals surface area contributed by atoms with Crippen LogP contribution in [-0.2, 0) is 11.2 Å². The molecule has 2 nitrogen and oxygen atoms in total. The molecule has 2 heteroatoms. The average Bonchev–Trinajstić information content (AvgIpc) is 2.88. The summed E-state index contributed by atoms with van der Waals surface area (Å²) >= 11 is 0. The van der Waals surface area contributed by atoms with Crippen LogP contribution >= 0.6 is 0 Å². The molecule has 20 heavy (non-hydrogen) atoms. The summed E-state index contributed by atoms with van der Waals surface area (Å²) in [7, 11) is 0. The van der Waals surface area contributed by atoms with Gasteiger partial charge >= 0.3 is 5.97 Å². The van der Waals surface area contributed by atoms with Crippen LogP contribution in [0.4, 0.5) is 0 Å². The van der Waals surface area contributed by atoms with E-state index in [0.717, 1.165) is 17.2 Å². The third-order valence-electron chi connectivity index (χ3n) is 3.97. The number of carboxylic acid groups (broad SMARTS) is 1. The molecule has 4 rings (SSSR count). The molecule has 2 aliphatic rings.